The van der Waals surface area contributed by atoms with Crippen molar-refractivity contribution in [1.29, 1.82) is 0 Å². The molecule has 0 amide bonds. The molecule has 2 rings (SSSR count). The SMILES string of the molecule is CC(C)=CCC/C(C)=C/COc1c(OC/C=C(\C)CCC=C(C)C)c2cccc(OC(C)C)c2oc1=O. The molecule has 0 N–H and O–H groups in total. The van der Waals surface area contributed by atoms with Gasteiger partial charge in [-0.2, -0.15) is 0 Å². The lowest BCUT2D eigenvalue weighted by atomic mass is 10.1. The summed E-state index contributed by atoms with van der Waals surface area (Å²) in [6.07, 6.45) is 12.3. The van der Waals surface area contributed by atoms with E-state index in [1.54, 1.807) is 6.07 Å². The summed E-state index contributed by atoms with van der Waals surface area (Å²) in [5, 5.41) is 0.646. The average Bonchev–Trinajstić information content (AvgIpc) is 2.80. The number of rotatable bonds is 14. The van der Waals surface area contributed by atoms with E-state index < -0.39 is 5.63 Å². The van der Waals surface area contributed by atoms with Gasteiger partial charge in [0, 0.05) is 0 Å². The molecule has 0 atom stereocenters. The minimum atomic E-state index is -0.581. The highest BCUT2D eigenvalue weighted by molar-refractivity contribution is 5.89. The van der Waals surface area contributed by atoms with Crippen LogP contribution in [0.2, 0.25) is 0 Å². The van der Waals surface area contributed by atoms with Crippen molar-refractivity contribution in [2.75, 3.05) is 13.2 Å². The second kappa shape index (κ2) is 15.1. The van der Waals surface area contributed by atoms with E-state index in [9.17, 15) is 4.79 Å². The Hall–Kier alpha value is -3.21. The fourth-order valence-electron chi connectivity index (χ4n) is 3.68. The average molecular weight is 509 g/mol. The van der Waals surface area contributed by atoms with E-state index in [0.29, 0.717) is 29.1 Å². The molecule has 0 saturated carbocycles. The standard InChI is InChI=1S/C32H44O5/c1-22(2)12-9-14-25(7)18-20-34-30-27-16-11-17-28(36-24(5)6)29(27)37-32(33)31(30)35-21-19-26(8)15-10-13-23(3)4/h11-13,16-19,24H,9-10,14-15,20-21H2,1-8H3/b25-18+,26-19+. The molecular formula is C32H44O5. The largest absolute Gasteiger partial charge is 0.487 e. The fraction of sp³-hybridized carbons (Fsp3) is 0.469. The summed E-state index contributed by atoms with van der Waals surface area (Å²) in [5.41, 5.74) is 4.83. The summed E-state index contributed by atoms with van der Waals surface area (Å²) in [7, 11) is 0. The smallest absolute Gasteiger partial charge is 0.383 e. The molecule has 0 spiro atoms. The van der Waals surface area contributed by atoms with E-state index >= 15 is 0 Å². The number of para-hydroxylation sites is 1. The van der Waals surface area contributed by atoms with Gasteiger partial charge in [0.25, 0.3) is 0 Å². The van der Waals surface area contributed by atoms with Gasteiger partial charge in [0.1, 0.15) is 13.2 Å². The summed E-state index contributed by atoms with van der Waals surface area (Å²) in [6.45, 7) is 17.0. The first-order valence-corrected chi connectivity index (χ1v) is 13.2. The first-order chi connectivity index (χ1) is 17.6. The molecule has 0 bridgehead atoms. The van der Waals surface area contributed by atoms with Crippen LogP contribution >= 0.6 is 0 Å². The lowest BCUT2D eigenvalue weighted by Crippen LogP contribution is -2.12. The quantitative estimate of drug-likeness (QED) is 0.189. The number of ether oxygens (including phenoxy) is 3. The molecule has 1 aromatic carbocycles. The topological polar surface area (TPSA) is 57.9 Å². The molecule has 202 valence electrons. The Labute approximate surface area is 222 Å². The van der Waals surface area contributed by atoms with Crippen molar-refractivity contribution >= 4 is 11.0 Å². The molecule has 0 radical (unpaired) electrons. The lowest BCUT2D eigenvalue weighted by molar-refractivity contribution is 0.240. The first kappa shape index (κ1) is 30.0. The van der Waals surface area contributed by atoms with Crippen LogP contribution in [0, 0.1) is 0 Å². The van der Waals surface area contributed by atoms with Gasteiger partial charge in [-0.25, -0.2) is 4.79 Å². The fourth-order valence-corrected chi connectivity index (χ4v) is 3.68. The number of benzene rings is 1. The lowest BCUT2D eigenvalue weighted by Gasteiger charge is -2.15. The highest BCUT2D eigenvalue weighted by Crippen LogP contribution is 2.37. The molecule has 2 aromatic rings. The number of hydrogen-bond acceptors (Lipinski definition) is 5. The van der Waals surface area contributed by atoms with Crippen molar-refractivity contribution in [2.24, 2.45) is 0 Å². The Bertz CT molecular complexity index is 1200. The van der Waals surface area contributed by atoms with Crippen LogP contribution in [0.15, 0.2) is 74.0 Å². The zero-order valence-corrected chi connectivity index (χ0v) is 23.9. The van der Waals surface area contributed by atoms with E-state index in [1.165, 1.54) is 22.3 Å². The summed E-state index contributed by atoms with van der Waals surface area (Å²) >= 11 is 0. The van der Waals surface area contributed by atoms with Crippen molar-refractivity contribution in [3.63, 3.8) is 0 Å². The van der Waals surface area contributed by atoms with E-state index in [2.05, 4.69) is 53.7 Å². The predicted molar refractivity (Wildman–Crippen MR) is 154 cm³/mol. The Balaban J connectivity index is 2.33. The Morgan fingerprint density at radius 3 is 1.86 bits per heavy atom. The van der Waals surface area contributed by atoms with Gasteiger partial charge in [0.15, 0.2) is 17.1 Å². The van der Waals surface area contributed by atoms with Gasteiger partial charge < -0.3 is 18.6 Å². The summed E-state index contributed by atoms with van der Waals surface area (Å²) in [5.74, 6) is 0.965. The molecule has 0 aliphatic heterocycles. The molecule has 5 heteroatoms. The number of hydrogen-bond donors (Lipinski definition) is 0. The van der Waals surface area contributed by atoms with Crippen molar-refractivity contribution in [3.05, 3.63) is 75.2 Å². The number of allylic oxidation sites excluding steroid dienone is 6. The summed E-state index contributed by atoms with van der Waals surface area (Å²) in [6, 6.07) is 5.52. The molecule has 0 fully saturated rings. The maximum Gasteiger partial charge on any atom is 0.383 e. The Kier molecular flexibility index (Phi) is 12.3. The maximum atomic E-state index is 13.0. The molecule has 0 saturated heterocycles. The normalized spacial score (nSPS) is 12.0. The van der Waals surface area contributed by atoms with E-state index in [0.717, 1.165) is 25.7 Å². The van der Waals surface area contributed by atoms with Crippen molar-refractivity contribution in [1.82, 2.24) is 0 Å². The third-order valence-electron chi connectivity index (χ3n) is 5.67. The van der Waals surface area contributed by atoms with Crippen LogP contribution in [0.1, 0.15) is 81.1 Å². The highest BCUT2D eigenvalue weighted by atomic mass is 16.5. The third-order valence-corrected chi connectivity index (χ3v) is 5.67. The molecule has 0 unspecified atom stereocenters. The molecule has 1 heterocycles. The van der Waals surface area contributed by atoms with Gasteiger partial charge in [-0.15, -0.1) is 0 Å². The van der Waals surface area contributed by atoms with Crippen molar-refractivity contribution in [3.8, 4) is 17.2 Å². The van der Waals surface area contributed by atoms with Crippen LogP contribution < -0.4 is 19.8 Å². The van der Waals surface area contributed by atoms with Gasteiger partial charge >= 0.3 is 5.63 Å². The van der Waals surface area contributed by atoms with Gasteiger partial charge in [-0.1, -0.05) is 40.5 Å². The van der Waals surface area contributed by atoms with E-state index in [-0.39, 0.29) is 18.5 Å². The van der Waals surface area contributed by atoms with Crippen LogP contribution in [0.25, 0.3) is 11.0 Å². The van der Waals surface area contributed by atoms with Crippen molar-refractivity contribution < 1.29 is 18.6 Å². The minimum absolute atomic E-state index is 0.0676. The predicted octanol–water partition coefficient (Wildman–Crippen LogP) is 8.72. The molecule has 5 nitrogen and oxygen atoms in total. The van der Waals surface area contributed by atoms with Crippen LogP contribution in [-0.2, 0) is 0 Å². The molecule has 1 aromatic heterocycles. The molecule has 0 aliphatic rings. The minimum Gasteiger partial charge on any atom is -0.487 e. The molecule has 37 heavy (non-hydrogen) atoms. The second-order valence-electron chi connectivity index (χ2n) is 10.2. The third kappa shape index (κ3) is 10.4. The second-order valence-corrected chi connectivity index (χ2v) is 10.2. The molecule has 0 aliphatic carbocycles. The maximum absolute atomic E-state index is 13.0. The number of fused-ring (bicyclic) bond motifs is 1. The van der Waals surface area contributed by atoms with Crippen molar-refractivity contribution in [2.45, 2.75) is 87.2 Å². The van der Waals surface area contributed by atoms with E-state index in [4.69, 9.17) is 18.6 Å². The summed E-state index contributed by atoms with van der Waals surface area (Å²) in [4.78, 5) is 13.0. The summed E-state index contributed by atoms with van der Waals surface area (Å²) < 4.78 is 23.7. The first-order valence-electron chi connectivity index (χ1n) is 13.2. The van der Waals surface area contributed by atoms with Crippen LogP contribution in [0.5, 0.6) is 17.2 Å². The van der Waals surface area contributed by atoms with Gasteiger partial charge in [-0.3, -0.25) is 0 Å². The van der Waals surface area contributed by atoms with Crippen LogP contribution in [0.4, 0.5) is 0 Å². The monoisotopic (exact) mass is 508 g/mol. The van der Waals surface area contributed by atoms with Crippen LogP contribution in [-0.4, -0.2) is 19.3 Å². The van der Waals surface area contributed by atoms with E-state index in [1.807, 2.05) is 38.1 Å². The Morgan fingerprint density at radius 1 is 0.811 bits per heavy atom. The zero-order valence-electron chi connectivity index (χ0n) is 23.9. The van der Waals surface area contributed by atoms with Gasteiger partial charge in [-0.05, 0) is 105 Å². The van der Waals surface area contributed by atoms with Crippen LogP contribution in [0.3, 0.4) is 0 Å². The Morgan fingerprint density at radius 2 is 1.35 bits per heavy atom. The van der Waals surface area contributed by atoms with Gasteiger partial charge in [0.2, 0.25) is 5.75 Å². The molecular weight excluding hydrogens is 464 g/mol. The van der Waals surface area contributed by atoms with Gasteiger partial charge in [0.05, 0.1) is 11.5 Å². The zero-order chi connectivity index (χ0) is 27.4. The highest BCUT2D eigenvalue weighted by Gasteiger charge is 2.20.